The van der Waals surface area contributed by atoms with E-state index in [9.17, 15) is 18.3 Å². The molecule has 1 aliphatic rings. The van der Waals surface area contributed by atoms with Crippen molar-refractivity contribution in [2.24, 2.45) is 5.14 Å². The van der Waals surface area contributed by atoms with Crippen molar-refractivity contribution >= 4 is 50.0 Å². The van der Waals surface area contributed by atoms with Crippen molar-refractivity contribution in [2.45, 2.75) is 25.3 Å². The molecule has 5 N–H and O–H groups in total. The minimum atomic E-state index is -3.76. The Morgan fingerprint density at radius 3 is 2.46 bits per heavy atom. The van der Waals surface area contributed by atoms with Gasteiger partial charge in [-0.15, -0.1) is 0 Å². The summed E-state index contributed by atoms with van der Waals surface area (Å²) < 4.78 is 28.4. The average molecular weight is 520 g/mol. The molecule has 14 heteroatoms. The molecular formula is C21H25N7O5S2. The van der Waals surface area contributed by atoms with Crippen LogP contribution in [0.2, 0.25) is 0 Å². The summed E-state index contributed by atoms with van der Waals surface area (Å²) in [5.74, 6) is 0.536. The molecule has 1 saturated heterocycles. The number of carbonyl (C=O) groups is 1. The number of nitrogens with two attached hydrogens (primary N) is 1. The molecule has 0 radical (unpaired) electrons. The number of anilines is 4. The molecule has 2 aromatic heterocycles. The lowest BCUT2D eigenvalue weighted by Crippen LogP contribution is -2.37. The van der Waals surface area contributed by atoms with Crippen molar-refractivity contribution in [2.75, 3.05) is 41.8 Å². The van der Waals surface area contributed by atoms with E-state index in [2.05, 4.69) is 30.5 Å². The maximum atomic E-state index is 11.5. The van der Waals surface area contributed by atoms with Crippen molar-refractivity contribution in [1.82, 2.24) is 15.0 Å². The Morgan fingerprint density at radius 2 is 1.86 bits per heavy atom. The number of nitrogens with zero attached hydrogens (tertiary/aromatic N) is 4. The summed E-state index contributed by atoms with van der Waals surface area (Å²) in [6.07, 6.45) is 0. The number of aryl methyl sites for hydroxylation is 1. The number of nitrogens with one attached hydrogen (secondary N) is 2. The van der Waals surface area contributed by atoms with Gasteiger partial charge in [0.05, 0.1) is 23.8 Å². The zero-order valence-corrected chi connectivity index (χ0v) is 20.7. The third kappa shape index (κ3) is 5.85. The number of carboxylic acids is 1. The highest BCUT2D eigenvalue weighted by atomic mass is 32.2. The van der Waals surface area contributed by atoms with E-state index >= 15 is 0 Å². The molecule has 186 valence electrons. The van der Waals surface area contributed by atoms with Crippen molar-refractivity contribution in [1.29, 1.82) is 0 Å². The van der Waals surface area contributed by atoms with Crippen LogP contribution in [0.4, 0.5) is 22.7 Å². The molecule has 1 fully saturated rings. The number of carboxylic acid groups (broad SMARTS) is 1. The molecule has 0 aliphatic carbocycles. The van der Waals surface area contributed by atoms with Crippen LogP contribution in [-0.4, -0.2) is 60.7 Å². The van der Waals surface area contributed by atoms with Crippen LogP contribution in [-0.2, 0) is 21.3 Å². The van der Waals surface area contributed by atoms with Gasteiger partial charge < -0.3 is 20.1 Å². The van der Waals surface area contributed by atoms with Gasteiger partial charge in [-0.2, -0.15) is 9.97 Å². The predicted octanol–water partition coefficient (Wildman–Crippen LogP) is 2.09. The minimum Gasteiger partial charge on any atom is -0.477 e. The van der Waals surface area contributed by atoms with Gasteiger partial charge in [0.2, 0.25) is 16.0 Å². The molecule has 0 spiro atoms. The van der Waals surface area contributed by atoms with Crippen molar-refractivity contribution in [3.63, 3.8) is 0 Å². The summed E-state index contributed by atoms with van der Waals surface area (Å²) in [6.45, 7) is 6.43. The number of morpholine rings is 1. The predicted molar refractivity (Wildman–Crippen MR) is 132 cm³/mol. The Bertz CT molecular complexity index is 1340. The fourth-order valence-electron chi connectivity index (χ4n) is 3.54. The number of hydrogen-bond acceptors (Lipinski definition) is 11. The molecule has 1 aromatic carbocycles. The molecule has 0 unspecified atom stereocenters. The quantitative estimate of drug-likeness (QED) is 0.343. The van der Waals surface area contributed by atoms with Gasteiger partial charge in [0.25, 0.3) is 0 Å². The fourth-order valence-corrected chi connectivity index (χ4v) is 4.86. The number of ether oxygens (including phenoxy) is 1. The van der Waals surface area contributed by atoms with Gasteiger partial charge in [-0.05, 0) is 31.5 Å². The number of sulfonamides is 1. The topological polar surface area (TPSA) is 173 Å². The summed E-state index contributed by atoms with van der Waals surface area (Å²) in [5.41, 5.74) is 2.08. The molecule has 1 aliphatic heterocycles. The smallest absolute Gasteiger partial charge is 0.347 e. The van der Waals surface area contributed by atoms with Crippen LogP contribution in [0.25, 0.3) is 0 Å². The third-order valence-corrected chi connectivity index (χ3v) is 7.34. The number of benzene rings is 1. The second-order valence-electron chi connectivity index (χ2n) is 7.85. The minimum absolute atomic E-state index is 0.0417. The first-order valence-corrected chi connectivity index (χ1v) is 13.0. The van der Waals surface area contributed by atoms with E-state index < -0.39 is 16.0 Å². The second-order valence-corrected chi connectivity index (χ2v) is 10.4. The van der Waals surface area contributed by atoms with Gasteiger partial charge >= 0.3 is 5.97 Å². The first kappa shape index (κ1) is 24.8. The van der Waals surface area contributed by atoms with E-state index in [1.807, 2.05) is 6.92 Å². The third-order valence-electron chi connectivity index (χ3n) is 5.35. The van der Waals surface area contributed by atoms with E-state index in [-0.39, 0.29) is 15.7 Å². The van der Waals surface area contributed by atoms with Gasteiger partial charge in [-0.3, -0.25) is 5.32 Å². The summed E-state index contributed by atoms with van der Waals surface area (Å²) >= 11 is 1.01. The summed E-state index contributed by atoms with van der Waals surface area (Å²) in [7, 11) is -3.76. The lowest BCUT2D eigenvalue weighted by molar-refractivity contribution is 0.0701. The zero-order chi connectivity index (χ0) is 25.2. The average Bonchev–Trinajstić information content (AvgIpc) is 3.19. The molecule has 0 saturated carbocycles. The maximum Gasteiger partial charge on any atom is 0.347 e. The van der Waals surface area contributed by atoms with Gasteiger partial charge in [-0.25, -0.2) is 23.3 Å². The molecule has 12 nitrogen and oxygen atoms in total. The maximum absolute atomic E-state index is 11.5. The van der Waals surface area contributed by atoms with Crippen LogP contribution < -0.4 is 20.7 Å². The highest BCUT2D eigenvalue weighted by Crippen LogP contribution is 2.30. The standard InChI is InChI=1S/C21H25N7O5S2/c1-12-17(23-11-14-3-5-15(6-4-14)35(22,31)32)25-20(26-18(12)28-7-9-33-10-8-28)27-21-24-13(2)16(34-21)19(29)30/h3-6H,7-11H2,1-2H3,(H,29,30)(H2,22,31,32)(H2,23,24,25,26,27). The monoisotopic (exact) mass is 519 g/mol. The molecule has 0 amide bonds. The molecule has 3 aromatic rings. The Balaban J connectivity index is 1.62. The van der Waals surface area contributed by atoms with E-state index in [1.165, 1.54) is 12.1 Å². The summed E-state index contributed by atoms with van der Waals surface area (Å²) in [5, 5.41) is 21.2. The van der Waals surface area contributed by atoms with Gasteiger partial charge in [0.15, 0.2) is 5.13 Å². The summed E-state index contributed by atoms with van der Waals surface area (Å²) in [4.78, 5) is 27.2. The van der Waals surface area contributed by atoms with Crippen LogP contribution in [0.15, 0.2) is 29.2 Å². The molecular weight excluding hydrogens is 494 g/mol. The lowest BCUT2D eigenvalue weighted by atomic mass is 10.2. The fraction of sp³-hybridized carbons (Fsp3) is 0.333. The highest BCUT2D eigenvalue weighted by Gasteiger charge is 2.21. The second kappa shape index (κ2) is 10.1. The molecule has 0 atom stereocenters. The Labute approximate surface area is 206 Å². The molecule has 4 rings (SSSR count). The number of aromatic carboxylic acids is 1. The van der Waals surface area contributed by atoms with Crippen LogP contribution in [0.5, 0.6) is 0 Å². The van der Waals surface area contributed by atoms with Gasteiger partial charge in [0.1, 0.15) is 16.5 Å². The highest BCUT2D eigenvalue weighted by molar-refractivity contribution is 7.89. The summed E-state index contributed by atoms with van der Waals surface area (Å²) in [6, 6.07) is 6.26. The first-order chi connectivity index (χ1) is 16.6. The molecule has 35 heavy (non-hydrogen) atoms. The van der Waals surface area contributed by atoms with Crippen molar-refractivity contribution in [3.05, 3.63) is 46.0 Å². The zero-order valence-electron chi connectivity index (χ0n) is 19.1. The largest absolute Gasteiger partial charge is 0.477 e. The van der Waals surface area contributed by atoms with E-state index in [1.54, 1.807) is 19.1 Å². The molecule has 3 heterocycles. The van der Waals surface area contributed by atoms with E-state index in [0.29, 0.717) is 49.5 Å². The van der Waals surface area contributed by atoms with Crippen LogP contribution >= 0.6 is 11.3 Å². The SMILES string of the molecule is Cc1nc(Nc2nc(NCc3ccc(S(N)(=O)=O)cc3)c(C)c(N3CCOCC3)n2)sc1C(=O)O. The first-order valence-electron chi connectivity index (χ1n) is 10.7. The number of primary sulfonamides is 1. The number of thiazole rings is 1. The van der Waals surface area contributed by atoms with Crippen molar-refractivity contribution < 1.29 is 23.1 Å². The van der Waals surface area contributed by atoms with Crippen molar-refractivity contribution in [3.8, 4) is 0 Å². The Morgan fingerprint density at radius 1 is 1.17 bits per heavy atom. The van der Waals surface area contributed by atoms with Gasteiger partial charge in [0, 0.05) is 25.2 Å². The van der Waals surface area contributed by atoms with E-state index in [4.69, 9.17) is 9.88 Å². The number of rotatable bonds is 8. The molecule has 0 bridgehead atoms. The van der Waals surface area contributed by atoms with Crippen LogP contribution in [0, 0.1) is 13.8 Å². The van der Waals surface area contributed by atoms with E-state index in [0.717, 1.165) is 28.3 Å². The Hall–Kier alpha value is -3.33. The van der Waals surface area contributed by atoms with Crippen LogP contribution in [0.1, 0.15) is 26.5 Å². The number of aromatic nitrogens is 3. The Kier molecular flexibility index (Phi) is 7.16. The normalized spacial score (nSPS) is 14.1. The van der Waals surface area contributed by atoms with Crippen LogP contribution in [0.3, 0.4) is 0 Å². The lowest BCUT2D eigenvalue weighted by Gasteiger charge is -2.29. The number of hydrogen-bond donors (Lipinski definition) is 4. The van der Waals surface area contributed by atoms with Gasteiger partial charge in [-0.1, -0.05) is 23.5 Å².